The lowest BCUT2D eigenvalue weighted by molar-refractivity contribution is 0.669. The topological polar surface area (TPSA) is 26.3 Å². The second-order valence-corrected chi connectivity index (χ2v) is 16.3. The van der Waals surface area contributed by atoms with Gasteiger partial charge >= 0.3 is 0 Å². The van der Waals surface area contributed by atoms with Gasteiger partial charge in [-0.1, -0.05) is 254 Å². The zero-order chi connectivity index (χ0) is 89.3. The average molecular weight is 1010 g/mol. The fourth-order valence-corrected chi connectivity index (χ4v) is 9.18. The van der Waals surface area contributed by atoms with Crippen LogP contribution in [-0.2, 0) is 0 Å². The first kappa shape index (κ1) is 17.8. The largest absolute Gasteiger partial charge is 0.456 e. The third kappa shape index (κ3) is 7.03. The second kappa shape index (κ2) is 17.9. The minimum atomic E-state index is -1.03. The molecule has 2 heterocycles. The molecule has 2 nitrogen and oxygen atoms in total. The van der Waals surface area contributed by atoms with E-state index >= 15 is 0 Å². The molecule has 0 fully saturated rings. The first-order valence-electron chi connectivity index (χ1n) is 44.9. The van der Waals surface area contributed by atoms with Gasteiger partial charge < -0.3 is 8.83 Å². The number of furan rings is 2. The van der Waals surface area contributed by atoms with E-state index in [0.29, 0.717) is 0 Å². The third-order valence-electron chi connectivity index (χ3n) is 12.3. The Hall–Kier alpha value is -10.0. The van der Waals surface area contributed by atoms with Gasteiger partial charge in [0.15, 0.2) is 0 Å². The van der Waals surface area contributed by atoms with Crippen LogP contribution in [0.15, 0.2) is 287 Å². The number of para-hydroxylation sites is 3. The van der Waals surface area contributed by atoms with Gasteiger partial charge in [0.2, 0.25) is 0 Å². The van der Waals surface area contributed by atoms with Crippen LogP contribution in [0, 0.1) is 0 Å². The van der Waals surface area contributed by atoms with E-state index in [2.05, 4.69) is 0 Å². The normalized spacial score (nSPS) is 20.0. The molecule has 16 aromatic rings. The van der Waals surface area contributed by atoms with E-state index in [0.717, 1.165) is 6.07 Å². The molecule has 0 N–H and O–H groups in total. The zero-order valence-electron chi connectivity index (χ0n) is 82.9. The summed E-state index contributed by atoms with van der Waals surface area (Å²) in [4.78, 5) is 0. The van der Waals surface area contributed by atoms with Crippen molar-refractivity contribution in [1.82, 2.24) is 0 Å². The van der Waals surface area contributed by atoms with Gasteiger partial charge in [0.25, 0.3) is 0 Å². The maximum absolute atomic E-state index is 9.43. The summed E-state index contributed by atoms with van der Waals surface area (Å²) in [6.07, 6.45) is 0. The maximum Gasteiger partial charge on any atom is 0.143 e. The Morgan fingerprint density at radius 2 is 0.618 bits per heavy atom. The zero-order valence-corrected chi connectivity index (χ0v) is 37.9. The number of hydrogen-bond acceptors (Lipinski definition) is 2. The van der Waals surface area contributed by atoms with Gasteiger partial charge in [-0.3, -0.25) is 0 Å². The summed E-state index contributed by atoms with van der Waals surface area (Å²) in [7, 11) is 0. The predicted octanol–water partition coefficient (Wildman–Crippen LogP) is 21.3. The van der Waals surface area contributed by atoms with Crippen LogP contribution < -0.4 is 0 Å². The van der Waals surface area contributed by atoms with Crippen LogP contribution in [0.3, 0.4) is 0 Å². The third-order valence-corrected chi connectivity index (χ3v) is 12.3. The van der Waals surface area contributed by atoms with E-state index in [1.54, 1.807) is 0 Å². The lowest BCUT2D eigenvalue weighted by atomic mass is 9.84. The Labute approximate surface area is 502 Å². The van der Waals surface area contributed by atoms with Crippen LogP contribution >= 0.6 is 0 Å². The van der Waals surface area contributed by atoms with Crippen LogP contribution in [0.25, 0.3) is 153 Å². The first-order valence-corrected chi connectivity index (χ1v) is 22.4. The second-order valence-electron chi connectivity index (χ2n) is 16.3. The monoisotopic (exact) mass is 1010 g/mol. The van der Waals surface area contributed by atoms with Crippen LogP contribution in [0.5, 0.6) is 0 Å². The highest BCUT2D eigenvalue weighted by Gasteiger charge is 2.20. The van der Waals surface area contributed by atoms with Gasteiger partial charge in [0.1, 0.15) is 22.3 Å². The van der Waals surface area contributed by atoms with Gasteiger partial charge in [0, 0.05) is 27.1 Å². The maximum atomic E-state index is 9.43. The molecule has 0 aliphatic rings. The Morgan fingerprint density at radius 1 is 0.224 bits per heavy atom. The van der Waals surface area contributed by atoms with Gasteiger partial charge in [0.05, 0.1) is 61.7 Å². The lowest BCUT2D eigenvalue weighted by Gasteiger charge is -2.18. The molecule has 0 amide bonds. The molecule has 0 aliphatic carbocycles. The standard InChI is InChI=1S/C38H24O.C36H22O/c1-2-11-26(12-3-1)36-30-14-4-6-16-32(30)37(33-17-7-5-15-31(33)36)27-23-21-25(22-24-27)28-18-10-19-34-29-13-8-9-20-35(29)39-38(28)34;1-2-12-25-23(10-1)11-9-18-28(25)36-31-16-5-3-14-29(31)35(30-15-4-6-17-32(30)36)24-20-21-27-26-13-7-8-19-33(26)37-34(27)22-24/h1-24H;1-22H/i1D,2D,3D,4D,5D,6D,7D,8D,9D,10D,11D,12D,13D,14D,15D,16D,17D,18D,19D,20D,21D,22D,23D,24D;1D,2D,3D,4D,5D,6D,7D,8D,9D,10D,11D,13D,14D,15D,16D,17D,18D,19D,20D,21D,22D. The van der Waals surface area contributed by atoms with E-state index in [1.807, 2.05) is 0 Å². The van der Waals surface area contributed by atoms with Crippen molar-refractivity contribution in [2.75, 3.05) is 0 Å². The summed E-state index contributed by atoms with van der Waals surface area (Å²) >= 11 is 0. The lowest BCUT2D eigenvalue weighted by Crippen LogP contribution is -1.91. The Bertz CT molecular complexity index is 7460. The van der Waals surface area contributed by atoms with Crippen molar-refractivity contribution >= 4 is 97.7 Å². The van der Waals surface area contributed by atoms with Crippen LogP contribution in [-0.4, -0.2) is 0 Å². The molecule has 0 aliphatic heterocycles. The predicted molar refractivity (Wildman–Crippen MR) is 322 cm³/mol. The van der Waals surface area contributed by atoms with Crippen molar-refractivity contribution in [1.29, 1.82) is 0 Å². The molecule has 0 unspecified atom stereocenters. The number of fused-ring (bicyclic) bond motifs is 11. The molecule has 0 spiro atoms. The molecule has 2 aromatic heterocycles. The van der Waals surface area contributed by atoms with E-state index in [9.17, 15) is 16.4 Å². The average Bonchev–Trinajstić information content (AvgIpc) is 1.37. The summed E-state index contributed by atoms with van der Waals surface area (Å²) in [6, 6.07) is -36.3. The number of benzene rings is 14. The van der Waals surface area contributed by atoms with Crippen molar-refractivity contribution in [2.45, 2.75) is 0 Å². The Morgan fingerprint density at radius 3 is 1.22 bits per heavy atom. The fourth-order valence-electron chi connectivity index (χ4n) is 9.18. The highest BCUT2D eigenvalue weighted by atomic mass is 16.3. The van der Waals surface area contributed by atoms with E-state index in [1.165, 1.54) is 0 Å². The van der Waals surface area contributed by atoms with Crippen molar-refractivity contribution in [3.63, 3.8) is 0 Å². The summed E-state index contributed by atoms with van der Waals surface area (Å²) < 4.78 is 407. The van der Waals surface area contributed by atoms with E-state index < -0.39 is 404 Å². The quantitative estimate of drug-likeness (QED) is 0.161. The highest BCUT2D eigenvalue weighted by Crippen LogP contribution is 2.47. The summed E-state index contributed by atoms with van der Waals surface area (Å²) in [6.45, 7) is 0. The van der Waals surface area contributed by atoms with Crippen molar-refractivity contribution in [3.8, 4) is 55.6 Å². The molecule has 0 bridgehead atoms. The minimum Gasteiger partial charge on any atom is -0.456 e. The molecule has 0 atom stereocenters. The molecule has 354 valence electrons. The van der Waals surface area contributed by atoms with Crippen LogP contribution in [0.1, 0.15) is 61.7 Å². The Kier molecular flexibility index (Phi) is 4.20. The number of rotatable bonds is 5. The molecule has 76 heavy (non-hydrogen) atoms. The summed E-state index contributed by atoms with van der Waals surface area (Å²) in [5.41, 5.74) is -8.41. The molecule has 16 rings (SSSR count). The molecular weight excluding hydrogens is 921 g/mol. The molecule has 0 saturated carbocycles. The molecular formula is C74H46O2. The molecule has 0 saturated heterocycles. The summed E-state index contributed by atoms with van der Waals surface area (Å²) in [5, 5.41) is -7.01. The molecule has 2 heteroatoms. The number of hydrogen-bond donors (Lipinski definition) is 0. The van der Waals surface area contributed by atoms with Gasteiger partial charge in [-0.05, 0) is 128 Å². The van der Waals surface area contributed by atoms with Crippen LogP contribution in [0.2, 0.25) is 0 Å². The van der Waals surface area contributed by atoms with Gasteiger partial charge in [-0.15, -0.1) is 0 Å². The molecule has 0 radical (unpaired) electrons. The Balaban J connectivity index is 0.000000189. The van der Waals surface area contributed by atoms with Crippen molar-refractivity contribution in [3.05, 3.63) is 278 Å². The fraction of sp³-hybridized carbons (Fsp3) is 0. The van der Waals surface area contributed by atoms with E-state index in [-0.39, 0.29) is 21.5 Å². The van der Waals surface area contributed by atoms with Gasteiger partial charge in [-0.2, -0.15) is 0 Å². The van der Waals surface area contributed by atoms with Crippen LogP contribution in [0.4, 0.5) is 0 Å². The van der Waals surface area contributed by atoms with Crippen molar-refractivity contribution in [2.24, 2.45) is 0 Å². The minimum absolute atomic E-state index is 0.286. The highest BCUT2D eigenvalue weighted by molar-refractivity contribution is 6.25. The van der Waals surface area contributed by atoms with Gasteiger partial charge in [-0.25, -0.2) is 0 Å². The smallest absolute Gasteiger partial charge is 0.143 e. The first-order chi connectivity index (χ1) is 56.4. The summed E-state index contributed by atoms with van der Waals surface area (Å²) in [5.74, 6) is 0. The molecule has 14 aromatic carbocycles. The van der Waals surface area contributed by atoms with Crippen molar-refractivity contribution < 1.29 is 70.5 Å². The van der Waals surface area contributed by atoms with E-state index in [4.69, 9.17) is 54.1 Å². The SMILES string of the molecule is [2H]c1c([2H])c([2H])c(-c2c3c([2H])c([2H])c([2H])c([2H])c3c(-c3c([2H])c([2H])c(-c4c([2H])c([2H])c([2H])c5c4oc4c([2H])c([2H])c([2H])c([2H])c45)c([2H])c3[2H])c3c([2H])c([2H])c([2H])c([2H])c23)c([2H])c1[2H].[2H]c1cc2c(-c3c4c([2H])c([2H])c([2H])c([2H])c4c(-c4c([2H])c([2H])c5c(oc6c([2H])c([2H])c([2H])c([2H])c65)c4[2H])c4c([2H])c([2H])c([2H])c([2H])c34)c([2H])c([2H])c([2H])c2c([2H])c1[2H].